The van der Waals surface area contributed by atoms with Crippen molar-refractivity contribution in [2.45, 2.75) is 13.8 Å². The summed E-state index contributed by atoms with van der Waals surface area (Å²) in [6.45, 7) is 3.63. The largest absolute Gasteiger partial charge is 0.294 e. The van der Waals surface area contributed by atoms with Crippen molar-refractivity contribution in [3.8, 4) is 0 Å². The van der Waals surface area contributed by atoms with E-state index in [2.05, 4.69) is 0 Å². The lowest BCUT2D eigenvalue weighted by molar-refractivity contribution is -0.135. The number of allylic oxidation sites excluding steroid dienone is 4. The molecule has 0 aromatic carbocycles. The molecule has 0 N–H and O–H groups in total. The number of ketones is 2. The van der Waals surface area contributed by atoms with Crippen LogP contribution in [0.4, 0.5) is 0 Å². The van der Waals surface area contributed by atoms with Crippen molar-refractivity contribution in [3.63, 3.8) is 0 Å². The van der Waals surface area contributed by atoms with E-state index in [9.17, 15) is 9.59 Å². The van der Waals surface area contributed by atoms with Crippen LogP contribution >= 0.6 is 0 Å². The predicted molar refractivity (Wildman–Crippen MR) is 44.5 cm³/mol. The van der Waals surface area contributed by atoms with E-state index in [0.29, 0.717) is 0 Å². The topological polar surface area (TPSA) is 34.1 Å². The summed E-state index contributed by atoms with van der Waals surface area (Å²) in [4.78, 5) is 22.9. The smallest absolute Gasteiger partial charge is 0.170 e. The van der Waals surface area contributed by atoms with Gasteiger partial charge in [-0.2, -0.15) is 0 Å². The lowest BCUT2D eigenvalue weighted by Crippen LogP contribution is -2.39. The van der Waals surface area contributed by atoms with E-state index in [1.165, 1.54) is 12.2 Å². The van der Waals surface area contributed by atoms with Gasteiger partial charge < -0.3 is 0 Å². The van der Waals surface area contributed by atoms with E-state index in [4.69, 9.17) is 0 Å². The third kappa shape index (κ3) is 0.533. The van der Waals surface area contributed by atoms with Crippen LogP contribution in [-0.2, 0) is 9.59 Å². The van der Waals surface area contributed by atoms with Gasteiger partial charge in [-0.15, -0.1) is 0 Å². The van der Waals surface area contributed by atoms with Gasteiger partial charge in [-0.1, -0.05) is 19.1 Å². The molecular formula is C10H10O2. The highest BCUT2D eigenvalue weighted by Gasteiger charge is 2.57. The van der Waals surface area contributed by atoms with Gasteiger partial charge in [0.2, 0.25) is 0 Å². The van der Waals surface area contributed by atoms with Gasteiger partial charge in [0.05, 0.1) is 0 Å². The minimum atomic E-state index is -0.840. The van der Waals surface area contributed by atoms with Crippen molar-refractivity contribution in [2.24, 2.45) is 10.8 Å². The van der Waals surface area contributed by atoms with Gasteiger partial charge in [-0.25, -0.2) is 0 Å². The van der Waals surface area contributed by atoms with Gasteiger partial charge in [0.25, 0.3) is 0 Å². The maximum atomic E-state index is 11.4. The van der Waals surface area contributed by atoms with Crippen LogP contribution in [0.25, 0.3) is 0 Å². The molecule has 2 heteroatoms. The molecule has 0 fully saturated rings. The Hall–Kier alpha value is -1.18. The van der Waals surface area contributed by atoms with Gasteiger partial charge in [-0.3, -0.25) is 9.59 Å². The quantitative estimate of drug-likeness (QED) is 0.503. The molecule has 2 rings (SSSR count). The van der Waals surface area contributed by atoms with Crippen LogP contribution < -0.4 is 0 Å². The minimum Gasteiger partial charge on any atom is -0.294 e. The van der Waals surface area contributed by atoms with Gasteiger partial charge in [0.1, 0.15) is 5.41 Å². The highest BCUT2D eigenvalue weighted by Crippen LogP contribution is 2.51. The third-order valence-corrected chi connectivity index (χ3v) is 3.22. The lowest BCUT2D eigenvalue weighted by atomic mass is 9.69. The van der Waals surface area contributed by atoms with E-state index < -0.39 is 5.41 Å². The van der Waals surface area contributed by atoms with Crippen LogP contribution in [0.3, 0.4) is 0 Å². The molecule has 2 nitrogen and oxygen atoms in total. The van der Waals surface area contributed by atoms with E-state index in [-0.39, 0.29) is 17.0 Å². The number of hydrogen-bond acceptors (Lipinski definition) is 2. The van der Waals surface area contributed by atoms with Crippen molar-refractivity contribution in [3.05, 3.63) is 24.3 Å². The molecule has 12 heavy (non-hydrogen) atoms. The average Bonchev–Trinajstić information content (AvgIpc) is 2.39. The zero-order valence-corrected chi connectivity index (χ0v) is 7.13. The summed E-state index contributed by atoms with van der Waals surface area (Å²) in [6.07, 6.45) is 6.66. The number of carbonyl (C=O) groups excluding carboxylic acids is 2. The molecule has 0 spiro atoms. The molecule has 0 heterocycles. The normalized spacial score (nSPS) is 44.2. The maximum absolute atomic E-state index is 11.4. The molecule has 0 bridgehead atoms. The van der Waals surface area contributed by atoms with E-state index in [1.807, 2.05) is 19.1 Å². The number of fused-ring (bicyclic) bond motifs is 1. The second kappa shape index (κ2) is 1.76. The third-order valence-electron chi connectivity index (χ3n) is 3.22. The van der Waals surface area contributed by atoms with Gasteiger partial charge >= 0.3 is 0 Å². The summed E-state index contributed by atoms with van der Waals surface area (Å²) in [5.74, 6) is -0.139. The standard InChI is InChI=1S/C10H10O2/c1-9-5-3-7(11)10(9,2)8(12)4-6-9/h3-6H,1-2H3. The zero-order chi connectivity index (χ0) is 8.98. The Balaban J connectivity index is 2.64. The molecular weight excluding hydrogens is 152 g/mol. The minimum absolute atomic E-state index is 0.0694. The van der Waals surface area contributed by atoms with Crippen molar-refractivity contribution < 1.29 is 9.59 Å². The van der Waals surface area contributed by atoms with Crippen LogP contribution in [-0.4, -0.2) is 11.6 Å². The predicted octanol–water partition coefficient (Wildman–Crippen LogP) is 1.28. The SMILES string of the molecule is CC12C=CC(=O)C1(C)C(=O)C=C2. The first-order chi connectivity index (χ1) is 5.51. The van der Waals surface area contributed by atoms with Crippen LogP contribution in [0, 0.1) is 10.8 Å². The second-order valence-electron chi connectivity index (χ2n) is 3.80. The number of carbonyl (C=O) groups is 2. The van der Waals surface area contributed by atoms with E-state index in [0.717, 1.165) is 0 Å². The Morgan fingerprint density at radius 2 is 1.42 bits per heavy atom. The molecule has 0 aliphatic heterocycles. The van der Waals surface area contributed by atoms with Crippen molar-refractivity contribution in [1.82, 2.24) is 0 Å². The fraction of sp³-hybridized carbons (Fsp3) is 0.400. The Labute approximate surface area is 71.0 Å². The molecule has 0 amide bonds. The second-order valence-corrected chi connectivity index (χ2v) is 3.80. The molecule has 62 valence electrons. The first-order valence-electron chi connectivity index (χ1n) is 3.98. The average molecular weight is 162 g/mol. The summed E-state index contributed by atoms with van der Waals surface area (Å²) >= 11 is 0. The molecule has 0 unspecified atom stereocenters. The summed E-state index contributed by atoms with van der Waals surface area (Å²) in [5, 5.41) is 0. The lowest BCUT2D eigenvalue weighted by Gasteiger charge is -2.29. The first kappa shape index (κ1) is 7.47. The van der Waals surface area contributed by atoms with E-state index >= 15 is 0 Å². The van der Waals surface area contributed by atoms with Gasteiger partial charge in [0.15, 0.2) is 11.6 Å². The fourth-order valence-electron chi connectivity index (χ4n) is 1.87. The highest BCUT2D eigenvalue weighted by molar-refractivity contribution is 6.20. The Kier molecular flexibility index (Phi) is 1.10. The fourth-order valence-corrected chi connectivity index (χ4v) is 1.87. The van der Waals surface area contributed by atoms with Crippen molar-refractivity contribution in [2.75, 3.05) is 0 Å². The Bertz CT molecular complexity index is 308. The molecule has 2 aliphatic rings. The van der Waals surface area contributed by atoms with Gasteiger partial charge in [0, 0.05) is 5.41 Å². The summed E-state index contributed by atoms with van der Waals surface area (Å²) in [7, 11) is 0. The van der Waals surface area contributed by atoms with Crippen LogP contribution in [0.2, 0.25) is 0 Å². The molecule has 0 saturated heterocycles. The first-order valence-corrected chi connectivity index (χ1v) is 3.98. The number of hydrogen-bond donors (Lipinski definition) is 0. The Morgan fingerprint density at radius 3 is 1.75 bits per heavy atom. The monoisotopic (exact) mass is 162 g/mol. The highest BCUT2D eigenvalue weighted by atomic mass is 16.2. The summed E-state index contributed by atoms with van der Waals surface area (Å²) in [5.41, 5.74) is -1.21. The molecule has 0 saturated carbocycles. The summed E-state index contributed by atoms with van der Waals surface area (Å²) < 4.78 is 0. The molecule has 0 aromatic heterocycles. The van der Waals surface area contributed by atoms with Crippen LogP contribution in [0.5, 0.6) is 0 Å². The van der Waals surface area contributed by atoms with Crippen LogP contribution in [0.1, 0.15) is 13.8 Å². The molecule has 2 aliphatic carbocycles. The molecule has 0 aromatic rings. The summed E-state index contributed by atoms with van der Waals surface area (Å²) in [6, 6.07) is 0. The number of rotatable bonds is 0. The van der Waals surface area contributed by atoms with Crippen LogP contribution in [0.15, 0.2) is 24.3 Å². The Morgan fingerprint density at radius 1 is 1.00 bits per heavy atom. The van der Waals surface area contributed by atoms with E-state index in [1.54, 1.807) is 6.92 Å². The molecule has 0 atom stereocenters. The van der Waals surface area contributed by atoms with Crippen molar-refractivity contribution in [1.29, 1.82) is 0 Å². The zero-order valence-electron chi connectivity index (χ0n) is 7.13. The maximum Gasteiger partial charge on any atom is 0.170 e. The van der Waals surface area contributed by atoms with Crippen molar-refractivity contribution >= 4 is 11.6 Å². The molecule has 0 radical (unpaired) electrons. The van der Waals surface area contributed by atoms with Gasteiger partial charge in [-0.05, 0) is 19.1 Å².